The van der Waals surface area contributed by atoms with Crippen LogP contribution < -0.4 is 10.5 Å². The van der Waals surface area contributed by atoms with Gasteiger partial charge in [0.15, 0.2) is 18.1 Å². The van der Waals surface area contributed by atoms with E-state index in [2.05, 4.69) is 34.3 Å². The summed E-state index contributed by atoms with van der Waals surface area (Å²) in [5, 5.41) is 18.5. The van der Waals surface area contributed by atoms with Crippen molar-refractivity contribution in [3.63, 3.8) is 0 Å². The highest BCUT2D eigenvalue weighted by Crippen LogP contribution is 2.29. The van der Waals surface area contributed by atoms with Crippen molar-refractivity contribution in [3.05, 3.63) is 54.2 Å². The topological polar surface area (TPSA) is 105 Å². The van der Waals surface area contributed by atoms with E-state index < -0.39 is 0 Å². The van der Waals surface area contributed by atoms with Crippen molar-refractivity contribution < 1.29 is 4.74 Å². The number of para-hydroxylation sites is 1. The lowest BCUT2D eigenvalue weighted by Gasteiger charge is -2.24. The summed E-state index contributed by atoms with van der Waals surface area (Å²) in [7, 11) is 0. The van der Waals surface area contributed by atoms with Crippen LogP contribution in [-0.2, 0) is 0 Å². The van der Waals surface area contributed by atoms with E-state index in [1.807, 2.05) is 46.9 Å². The first kappa shape index (κ1) is 19.4. The molecule has 8 nitrogen and oxygen atoms in total. The van der Waals surface area contributed by atoms with E-state index in [1.54, 1.807) is 0 Å². The molecule has 1 saturated heterocycles. The molecule has 5 rings (SSSR count). The molecule has 0 radical (unpaired) electrons. The van der Waals surface area contributed by atoms with E-state index in [4.69, 9.17) is 20.7 Å². The number of fused-ring (bicyclic) bond motifs is 2. The number of hydrogen-bond donors (Lipinski definition) is 1. The minimum atomic E-state index is -0.0275. The van der Waals surface area contributed by atoms with Crippen molar-refractivity contribution in [2.24, 2.45) is 5.73 Å². The van der Waals surface area contributed by atoms with Gasteiger partial charge in [0.1, 0.15) is 23.0 Å². The standard InChI is InChI=1S/C23H23N7O/c1-15(29-11-9-18(25)14-29)17-6-8-21-27-28-23(30(21)13-17)19-7-5-16-3-2-4-20(22(16)26-19)31-12-10-24/h2-8,13,15,18H,9,11-12,14,25H2,1H3/t15-,18-/m0/s1. The van der Waals surface area contributed by atoms with Crippen LogP contribution in [0.1, 0.15) is 24.9 Å². The highest BCUT2D eigenvalue weighted by molar-refractivity contribution is 5.86. The maximum absolute atomic E-state index is 8.86. The number of ether oxygens (including phenoxy) is 1. The van der Waals surface area contributed by atoms with E-state index in [-0.39, 0.29) is 18.7 Å². The molecule has 1 aliphatic heterocycles. The third-order valence-electron chi connectivity index (χ3n) is 5.92. The minimum absolute atomic E-state index is 0.0275. The molecule has 0 unspecified atom stereocenters. The number of pyridine rings is 2. The van der Waals surface area contributed by atoms with Crippen LogP contribution in [0.4, 0.5) is 0 Å². The largest absolute Gasteiger partial charge is 0.476 e. The Bertz CT molecular complexity index is 1290. The lowest BCUT2D eigenvalue weighted by atomic mass is 10.1. The molecule has 8 heteroatoms. The fourth-order valence-corrected chi connectivity index (χ4v) is 4.18. The van der Waals surface area contributed by atoms with E-state index in [0.29, 0.717) is 22.8 Å². The molecule has 31 heavy (non-hydrogen) atoms. The first-order valence-electron chi connectivity index (χ1n) is 10.4. The smallest absolute Gasteiger partial charge is 0.187 e. The van der Waals surface area contributed by atoms with Crippen molar-refractivity contribution in [2.45, 2.75) is 25.4 Å². The maximum atomic E-state index is 8.86. The Morgan fingerprint density at radius 1 is 1.23 bits per heavy atom. The SMILES string of the molecule is C[C@@H](c1ccc2nnc(-c3ccc4cccc(OCC#N)c4n3)n2c1)N1CC[C@H](N)C1. The summed E-state index contributed by atoms with van der Waals surface area (Å²) in [5.74, 6) is 1.24. The summed E-state index contributed by atoms with van der Waals surface area (Å²) in [5.41, 5.74) is 9.44. The molecule has 4 aromatic rings. The average molecular weight is 413 g/mol. The summed E-state index contributed by atoms with van der Waals surface area (Å²) in [6.07, 6.45) is 3.12. The molecule has 2 N–H and O–H groups in total. The van der Waals surface area contributed by atoms with Crippen molar-refractivity contribution >= 4 is 16.6 Å². The van der Waals surface area contributed by atoms with Crippen LogP contribution in [-0.4, -0.2) is 50.2 Å². The zero-order valence-electron chi connectivity index (χ0n) is 17.3. The number of aromatic nitrogens is 4. The first-order chi connectivity index (χ1) is 15.1. The van der Waals surface area contributed by atoms with Gasteiger partial charge in [0, 0.05) is 36.8 Å². The van der Waals surface area contributed by atoms with Crippen molar-refractivity contribution in [3.8, 4) is 23.3 Å². The summed E-state index contributed by atoms with van der Waals surface area (Å²) < 4.78 is 7.54. The Kier molecular flexibility index (Phi) is 4.98. The quantitative estimate of drug-likeness (QED) is 0.536. The molecule has 2 atom stereocenters. The number of nitriles is 1. The second-order valence-electron chi connectivity index (χ2n) is 7.91. The molecule has 0 amide bonds. The van der Waals surface area contributed by atoms with Crippen LogP contribution in [0.5, 0.6) is 5.75 Å². The van der Waals surface area contributed by atoms with Crippen molar-refractivity contribution in [2.75, 3.05) is 19.7 Å². The Morgan fingerprint density at radius 2 is 2.13 bits per heavy atom. The van der Waals surface area contributed by atoms with E-state index in [0.717, 1.165) is 30.5 Å². The van der Waals surface area contributed by atoms with Crippen LogP contribution in [0.2, 0.25) is 0 Å². The molecule has 1 aliphatic rings. The third-order valence-corrected chi connectivity index (χ3v) is 5.92. The van der Waals surface area contributed by atoms with Gasteiger partial charge in [0.05, 0.1) is 0 Å². The molecule has 0 aliphatic carbocycles. The van der Waals surface area contributed by atoms with Crippen LogP contribution in [0, 0.1) is 11.3 Å². The zero-order chi connectivity index (χ0) is 21.4. The predicted octanol–water partition coefficient (Wildman–Crippen LogP) is 2.94. The normalized spacial score (nSPS) is 17.8. The van der Waals surface area contributed by atoms with Gasteiger partial charge < -0.3 is 10.5 Å². The average Bonchev–Trinajstić information content (AvgIpc) is 3.42. The molecular weight excluding hydrogens is 390 g/mol. The fraction of sp³-hybridized carbons (Fsp3) is 0.304. The summed E-state index contributed by atoms with van der Waals surface area (Å²) in [6.45, 7) is 4.09. The molecule has 3 aromatic heterocycles. The van der Waals surface area contributed by atoms with E-state index in [1.165, 1.54) is 5.56 Å². The van der Waals surface area contributed by atoms with E-state index in [9.17, 15) is 0 Å². The second-order valence-corrected chi connectivity index (χ2v) is 7.91. The molecule has 0 bridgehead atoms. The summed E-state index contributed by atoms with van der Waals surface area (Å²) in [4.78, 5) is 7.20. The van der Waals surface area contributed by atoms with Gasteiger partial charge in [-0.1, -0.05) is 24.3 Å². The van der Waals surface area contributed by atoms with Gasteiger partial charge in [-0.2, -0.15) is 5.26 Å². The van der Waals surface area contributed by atoms with Crippen LogP contribution in [0.3, 0.4) is 0 Å². The van der Waals surface area contributed by atoms with Crippen molar-refractivity contribution in [1.29, 1.82) is 5.26 Å². The second kappa shape index (κ2) is 7.95. The Morgan fingerprint density at radius 3 is 2.94 bits per heavy atom. The molecule has 0 saturated carbocycles. The Hall–Kier alpha value is -3.54. The Labute approximate surface area is 179 Å². The van der Waals surface area contributed by atoms with Crippen LogP contribution in [0.15, 0.2) is 48.7 Å². The molecular formula is C23H23N7O. The van der Waals surface area contributed by atoms with Crippen LogP contribution >= 0.6 is 0 Å². The first-order valence-corrected chi connectivity index (χ1v) is 10.4. The zero-order valence-corrected chi connectivity index (χ0v) is 17.3. The Balaban J connectivity index is 1.55. The molecule has 4 heterocycles. The van der Waals surface area contributed by atoms with Crippen LogP contribution in [0.25, 0.3) is 28.1 Å². The lowest BCUT2D eigenvalue weighted by Crippen LogP contribution is -2.28. The van der Waals surface area contributed by atoms with Gasteiger partial charge in [-0.3, -0.25) is 9.30 Å². The highest BCUT2D eigenvalue weighted by Gasteiger charge is 2.25. The lowest BCUT2D eigenvalue weighted by molar-refractivity contribution is 0.259. The molecule has 1 fully saturated rings. The molecule has 0 spiro atoms. The number of likely N-dealkylation sites (tertiary alicyclic amines) is 1. The number of benzene rings is 1. The summed E-state index contributed by atoms with van der Waals surface area (Å²) >= 11 is 0. The monoisotopic (exact) mass is 413 g/mol. The van der Waals surface area contributed by atoms with Gasteiger partial charge in [-0.25, -0.2) is 4.98 Å². The van der Waals surface area contributed by atoms with Gasteiger partial charge in [-0.05, 0) is 37.1 Å². The summed E-state index contributed by atoms with van der Waals surface area (Å²) in [6, 6.07) is 16.2. The molecule has 1 aromatic carbocycles. The predicted molar refractivity (Wildman–Crippen MR) is 117 cm³/mol. The number of nitrogens with zero attached hydrogens (tertiary/aromatic N) is 6. The number of hydrogen-bond acceptors (Lipinski definition) is 7. The van der Waals surface area contributed by atoms with Crippen molar-refractivity contribution in [1.82, 2.24) is 24.5 Å². The number of rotatable bonds is 5. The van der Waals surface area contributed by atoms with Gasteiger partial charge >= 0.3 is 0 Å². The van der Waals surface area contributed by atoms with Gasteiger partial charge in [-0.15, -0.1) is 10.2 Å². The molecule has 156 valence electrons. The highest BCUT2D eigenvalue weighted by atomic mass is 16.5. The fourth-order valence-electron chi connectivity index (χ4n) is 4.18. The maximum Gasteiger partial charge on any atom is 0.187 e. The van der Waals surface area contributed by atoms with Gasteiger partial charge in [0.2, 0.25) is 0 Å². The van der Waals surface area contributed by atoms with Gasteiger partial charge in [0.25, 0.3) is 0 Å². The minimum Gasteiger partial charge on any atom is -0.476 e. The third kappa shape index (κ3) is 3.58. The number of nitrogens with two attached hydrogens (primary N) is 1. The van der Waals surface area contributed by atoms with E-state index >= 15 is 0 Å².